The smallest absolute Gasteiger partial charge is 0.262 e. The number of hydrogen-bond donors (Lipinski definition) is 3. The van der Waals surface area contributed by atoms with Crippen LogP contribution in [-0.2, 0) is 27.9 Å². The maximum atomic E-state index is 14.3. The van der Waals surface area contributed by atoms with Crippen molar-refractivity contribution in [2.45, 2.75) is 24.6 Å². The van der Waals surface area contributed by atoms with Crippen molar-refractivity contribution < 1.29 is 23.8 Å². The molecule has 15 heteroatoms. The van der Waals surface area contributed by atoms with Gasteiger partial charge >= 0.3 is 0 Å². The van der Waals surface area contributed by atoms with Gasteiger partial charge in [0.1, 0.15) is 18.0 Å². The Labute approximate surface area is 255 Å². The number of amides is 2. The first-order valence-corrected chi connectivity index (χ1v) is 14.1. The molecule has 0 radical (unpaired) electrons. The molecule has 228 valence electrons. The molecule has 4 N–H and O–H groups in total. The lowest BCUT2D eigenvalue weighted by Crippen LogP contribution is -2.48. The number of aliphatic hydroxyl groups excluding tert-OH is 1. The largest absolute Gasteiger partial charge is 0.504 e. The monoisotopic (exact) mass is 622 g/mol. The van der Waals surface area contributed by atoms with E-state index in [9.17, 15) is 23.9 Å². The van der Waals surface area contributed by atoms with Crippen LogP contribution in [0.4, 0.5) is 15.9 Å². The molecule has 0 spiro atoms. The van der Waals surface area contributed by atoms with Gasteiger partial charge in [0.2, 0.25) is 11.7 Å². The van der Waals surface area contributed by atoms with Crippen LogP contribution in [0.2, 0.25) is 5.02 Å². The number of fused-ring (bicyclic) bond motifs is 2. The van der Waals surface area contributed by atoms with Crippen LogP contribution in [0.1, 0.15) is 11.5 Å². The minimum absolute atomic E-state index is 0.0592. The number of aryl methyl sites for hydroxylation is 1. The summed E-state index contributed by atoms with van der Waals surface area (Å²) in [4.78, 5) is 51.6. The molecule has 6 rings (SSSR count). The summed E-state index contributed by atoms with van der Waals surface area (Å²) in [5.74, 6) is 0.623. The van der Waals surface area contributed by atoms with Gasteiger partial charge in [-0.05, 0) is 19.0 Å². The molecule has 2 saturated heterocycles. The van der Waals surface area contributed by atoms with Crippen molar-refractivity contribution in [3.8, 4) is 11.8 Å². The van der Waals surface area contributed by atoms with Crippen molar-refractivity contribution in [3.63, 3.8) is 0 Å². The van der Waals surface area contributed by atoms with E-state index < -0.39 is 40.5 Å². The summed E-state index contributed by atoms with van der Waals surface area (Å²) in [7, 11) is 3.57. The Kier molecular flexibility index (Phi) is 7.62. The van der Waals surface area contributed by atoms with Gasteiger partial charge in [-0.3, -0.25) is 19.3 Å². The maximum absolute atomic E-state index is 14.3. The van der Waals surface area contributed by atoms with Crippen LogP contribution in [0.5, 0.6) is 0 Å². The molecule has 0 bridgehead atoms. The SMILES string of the molecule is CN1CCOC2CN(c3cc(NC(=O)Cn4cc(C5C#CC(F)=C(O)C(C(N)=O)=C5)c5c(=O)n(C)cnc54)c(Cl)cn3)CC21. The number of carbonyl (C=O) groups excluding carboxylic acids is 2. The van der Waals surface area contributed by atoms with Crippen molar-refractivity contribution >= 4 is 46.0 Å². The predicted octanol–water partition coefficient (Wildman–Crippen LogP) is 1.19. The Morgan fingerprint density at radius 1 is 1.30 bits per heavy atom. The van der Waals surface area contributed by atoms with E-state index in [0.717, 1.165) is 13.1 Å². The summed E-state index contributed by atoms with van der Waals surface area (Å²) in [6.07, 6.45) is 5.50. The van der Waals surface area contributed by atoms with E-state index in [-0.39, 0.29) is 40.3 Å². The van der Waals surface area contributed by atoms with Gasteiger partial charge in [0.25, 0.3) is 11.5 Å². The Bertz CT molecular complexity index is 1890. The van der Waals surface area contributed by atoms with Crippen molar-refractivity contribution in [1.82, 2.24) is 24.0 Å². The second kappa shape index (κ2) is 11.4. The molecule has 2 aliphatic heterocycles. The van der Waals surface area contributed by atoms with Gasteiger partial charge in [-0.25, -0.2) is 9.97 Å². The van der Waals surface area contributed by atoms with Crippen molar-refractivity contribution in [3.05, 3.63) is 69.0 Å². The van der Waals surface area contributed by atoms with Crippen LogP contribution in [0.25, 0.3) is 11.0 Å². The number of carbonyl (C=O) groups is 2. The number of likely N-dealkylation sites (N-methyl/N-ethyl adjacent to an activating group) is 1. The number of anilines is 2. The van der Waals surface area contributed by atoms with Crippen molar-refractivity contribution in [2.75, 3.05) is 43.5 Å². The molecule has 2 fully saturated rings. The molecule has 3 aromatic heterocycles. The molecule has 0 aromatic carbocycles. The van der Waals surface area contributed by atoms with Gasteiger partial charge in [0, 0.05) is 44.5 Å². The highest BCUT2D eigenvalue weighted by atomic mass is 35.5. The van der Waals surface area contributed by atoms with Crippen LogP contribution < -0.4 is 21.5 Å². The zero-order chi connectivity index (χ0) is 31.3. The molecule has 2 amide bonds. The summed E-state index contributed by atoms with van der Waals surface area (Å²) in [5, 5.41) is 13.2. The van der Waals surface area contributed by atoms with E-state index in [1.54, 1.807) is 6.07 Å². The lowest BCUT2D eigenvalue weighted by atomic mass is 9.97. The summed E-state index contributed by atoms with van der Waals surface area (Å²) in [6, 6.07) is 1.94. The second-order valence-electron chi connectivity index (χ2n) is 10.9. The van der Waals surface area contributed by atoms with E-state index in [2.05, 4.69) is 44.0 Å². The molecule has 44 heavy (non-hydrogen) atoms. The lowest BCUT2D eigenvalue weighted by molar-refractivity contribution is -0.117. The fourth-order valence-corrected chi connectivity index (χ4v) is 5.86. The maximum Gasteiger partial charge on any atom is 0.262 e. The number of halogens is 2. The van der Waals surface area contributed by atoms with Gasteiger partial charge in [-0.1, -0.05) is 17.5 Å². The lowest BCUT2D eigenvalue weighted by Gasteiger charge is -2.33. The van der Waals surface area contributed by atoms with Gasteiger partial charge in [-0.15, -0.1) is 0 Å². The summed E-state index contributed by atoms with van der Waals surface area (Å²) in [5.41, 5.74) is 5.18. The van der Waals surface area contributed by atoms with E-state index >= 15 is 0 Å². The average molecular weight is 623 g/mol. The zero-order valence-corrected chi connectivity index (χ0v) is 24.5. The first-order valence-electron chi connectivity index (χ1n) is 13.7. The number of nitrogens with two attached hydrogens (primary N) is 1. The minimum Gasteiger partial charge on any atom is -0.504 e. The fourth-order valence-electron chi connectivity index (χ4n) is 5.71. The van der Waals surface area contributed by atoms with Crippen molar-refractivity contribution in [2.24, 2.45) is 12.8 Å². The Balaban J connectivity index is 1.29. The van der Waals surface area contributed by atoms with E-state index in [0.29, 0.717) is 24.7 Å². The number of ether oxygens (including phenoxy) is 1. The first kappa shape index (κ1) is 29.4. The Hall–Kier alpha value is -4.71. The summed E-state index contributed by atoms with van der Waals surface area (Å²) < 4.78 is 22.9. The Morgan fingerprint density at radius 2 is 2.09 bits per heavy atom. The van der Waals surface area contributed by atoms with Crippen LogP contribution in [0, 0.1) is 11.8 Å². The van der Waals surface area contributed by atoms with Gasteiger partial charge in [0.05, 0.1) is 58.9 Å². The number of nitrogens with zero attached hydrogens (tertiary/aromatic N) is 6. The number of nitrogens with one attached hydrogen (secondary N) is 1. The average Bonchev–Trinajstić information content (AvgIpc) is 3.54. The standard InChI is InChI=1S/C29H28ClFN8O5/c1-36-5-6-44-22-12-38(11-21(22)36)23-8-20(18(30)9-33-23)35-24(40)13-39-10-17(25-28(39)34-14-37(2)29(25)43)15-3-4-19(31)26(41)16(7-15)27(32)42/h7-10,14-15,21-22,41H,5-6,11-13H2,1-2H3,(H2,32,42)(H,33,35,40). The molecular weight excluding hydrogens is 595 g/mol. The third kappa shape index (κ3) is 5.30. The highest BCUT2D eigenvalue weighted by molar-refractivity contribution is 6.33. The normalized spacial score (nSPS) is 21.9. The first-order chi connectivity index (χ1) is 21.0. The summed E-state index contributed by atoms with van der Waals surface area (Å²) >= 11 is 6.41. The highest BCUT2D eigenvalue weighted by Crippen LogP contribution is 2.32. The Morgan fingerprint density at radius 3 is 2.84 bits per heavy atom. The van der Waals surface area contributed by atoms with E-state index in [4.69, 9.17) is 22.1 Å². The van der Waals surface area contributed by atoms with Crippen LogP contribution >= 0.6 is 11.6 Å². The number of aliphatic hydroxyl groups is 1. The molecule has 3 aromatic rings. The van der Waals surface area contributed by atoms with Crippen LogP contribution in [-0.4, -0.2) is 86.4 Å². The number of allylic oxidation sites excluding steroid dienone is 2. The topological polar surface area (TPSA) is 161 Å². The zero-order valence-electron chi connectivity index (χ0n) is 23.8. The van der Waals surface area contributed by atoms with Crippen molar-refractivity contribution in [1.29, 1.82) is 0 Å². The third-order valence-corrected chi connectivity index (χ3v) is 8.33. The number of primary amides is 1. The predicted molar refractivity (Wildman–Crippen MR) is 160 cm³/mol. The minimum atomic E-state index is -1.23. The van der Waals surface area contributed by atoms with E-state index in [1.165, 1.54) is 41.0 Å². The number of morpholine rings is 1. The number of aromatic nitrogens is 4. The molecule has 0 saturated carbocycles. The van der Waals surface area contributed by atoms with Gasteiger partial charge in [0.15, 0.2) is 5.76 Å². The number of rotatable bonds is 6. The fraction of sp³-hybridized carbons (Fsp3) is 0.345. The van der Waals surface area contributed by atoms with Gasteiger partial charge in [-0.2, -0.15) is 4.39 Å². The van der Waals surface area contributed by atoms with E-state index in [1.807, 2.05) is 0 Å². The molecule has 5 heterocycles. The molecule has 3 unspecified atom stereocenters. The molecule has 3 atom stereocenters. The second-order valence-corrected chi connectivity index (χ2v) is 11.3. The van der Waals surface area contributed by atoms with Gasteiger partial charge < -0.3 is 34.9 Å². The third-order valence-electron chi connectivity index (χ3n) is 8.03. The number of pyridine rings is 1. The summed E-state index contributed by atoms with van der Waals surface area (Å²) in [6.45, 7) is 2.62. The molecule has 3 aliphatic rings. The molecular formula is C29H28ClFN8O5. The molecule has 1 aliphatic carbocycles. The highest BCUT2D eigenvalue weighted by Gasteiger charge is 2.39. The van der Waals surface area contributed by atoms with Crippen LogP contribution in [0.15, 0.2) is 52.8 Å². The number of hydrogen-bond acceptors (Lipinski definition) is 9. The van der Waals surface area contributed by atoms with Crippen LogP contribution in [0.3, 0.4) is 0 Å². The molecule has 13 nitrogen and oxygen atoms in total. The quantitative estimate of drug-likeness (QED) is 0.343.